The first-order valence-corrected chi connectivity index (χ1v) is 3.65. The van der Waals surface area contributed by atoms with Crippen LogP contribution < -0.4 is 0 Å². The van der Waals surface area contributed by atoms with Crippen LogP contribution in [0.5, 0.6) is 0 Å². The van der Waals surface area contributed by atoms with E-state index >= 15 is 0 Å². The Morgan fingerprint density at radius 3 is 2.09 bits per heavy atom. The fraction of sp³-hybridized carbons (Fsp3) is 0.750. The molecule has 0 saturated carbocycles. The van der Waals surface area contributed by atoms with Gasteiger partial charge in [-0.25, -0.2) is 0 Å². The number of hydrogen-bond acceptors (Lipinski definition) is 3. The number of nitrogens with zero attached hydrogens (tertiary/aromatic N) is 3. The lowest BCUT2D eigenvalue weighted by molar-refractivity contribution is 0.221. The normalized spacial score (nSPS) is 12.6. The lowest BCUT2D eigenvalue weighted by Gasteiger charge is -2.25. The lowest BCUT2D eigenvalue weighted by Crippen LogP contribution is -2.38. The van der Waals surface area contributed by atoms with E-state index in [-0.39, 0.29) is 12.1 Å². The van der Waals surface area contributed by atoms with E-state index in [9.17, 15) is 0 Å². The summed E-state index contributed by atoms with van der Waals surface area (Å²) >= 11 is 0. The molecule has 0 rings (SSSR count). The maximum atomic E-state index is 8.58. The maximum absolute atomic E-state index is 8.58. The van der Waals surface area contributed by atoms with Crippen molar-refractivity contribution in [3.05, 3.63) is 0 Å². The number of nitriles is 2. The van der Waals surface area contributed by atoms with Crippen molar-refractivity contribution >= 4 is 0 Å². The van der Waals surface area contributed by atoms with Gasteiger partial charge in [0.15, 0.2) is 0 Å². The summed E-state index contributed by atoms with van der Waals surface area (Å²) in [5.41, 5.74) is 0. The van der Waals surface area contributed by atoms with Gasteiger partial charge in [0.1, 0.15) is 0 Å². The SMILES string of the molecule is CC(C)N(CC#N)C(C)C#N. The molecule has 11 heavy (non-hydrogen) atoms. The Labute approximate surface area is 67.8 Å². The first-order valence-electron chi connectivity index (χ1n) is 3.65. The molecule has 0 aliphatic rings. The van der Waals surface area contributed by atoms with Crippen LogP contribution in [0.4, 0.5) is 0 Å². The van der Waals surface area contributed by atoms with E-state index in [0.29, 0.717) is 6.54 Å². The minimum Gasteiger partial charge on any atom is -0.273 e. The van der Waals surface area contributed by atoms with Crippen LogP contribution >= 0.6 is 0 Å². The molecule has 0 fully saturated rings. The zero-order valence-electron chi connectivity index (χ0n) is 7.20. The van der Waals surface area contributed by atoms with Crippen LogP contribution in [-0.4, -0.2) is 23.5 Å². The minimum atomic E-state index is -0.172. The smallest absolute Gasteiger partial charge is 0.0959 e. The Hall–Kier alpha value is -1.06. The Bertz CT molecular complexity index is 184. The first kappa shape index (κ1) is 9.94. The molecule has 0 radical (unpaired) electrons. The third-order valence-electron chi connectivity index (χ3n) is 1.60. The fourth-order valence-corrected chi connectivity index (χ4v) is 0.923. The largest absolute Gasteiger partial charge is 0.273 e. The standard InChI is InChI=1S/C8H13N3/c1-7(2)11(5-4-9)8(3)6-10/h7-8H,5H2,1-3H3. The van der Waals surface area contributed by atoms with Gasteiger partial charge in [-0.05, 0) is 20.8 Å². The summed E-state index contributed by atoms with van der Waals surface area (Å²) in [5.74, 6) is 0. The molecule has 0 spiro atoms. The predicted octanol–water partition coefficient (Wildman–Crippen LogP) is 1.13. The second-order valence-corrected chi connectivity index (χ2v) is 2.73. The zero-order valence-corrected chi connectivity index (χ0v) is 7.20. The van der Waals surface area contributed by atoms with Gasteiger partial charge in [-0.1, -0.05) is 0 Å². The highest BCUT2D eigenvalue weighted by Gasteiger charge is 2.15. The van der Waals surface area contributed by atoms with Gasteiger partial charge in [0.05, 0.1) is 24.7 Å². The molecule has 3 nitrogen and oxygen atoms in total. The van der Waals surface area contributed by atoms with Crippen LogP contribution in [0.2, 0.25) is 0 Å². The predicted molar refractivity (Wildman–Crippen MR) is 42.5 cm³/mol. The van der Waals surface area contributed by atoms with Crippen molar-refractivity contribution in [2.75, 3.05) is 6.54 Å². The average Bonchev–Trinajstić information content (AvgIpc) is 1.98. The highest BCUT2D eigenvalue weighted by molar-refractivity contribution is 4.93. The highest BCUT2D eigenvalue weighted by Crippen LogP contribution is 2.02. The van der Waals surface area contributed by atoms with Crippen LogP contribution in [-0.2, 0) is 0 Å². The van der Waals surface area contributed by atoms with E-state index < -0.39 is 0 Å². The second-order valence-electron chi connectivity index (χ2n) is 2.73. The summed E-state index contributed by atoms with van der Waals surface area (Å²) in [6, 6.07) is 4.23. The van der Waals surface area contributed by atoms with Crippen molar-refractivity contribution in [3.8, 4) is 12.1 Å². The van der Waals surface area contributed by atoms with Crippen molar-refractivity contribution < 1.29 is 0 Å². The molecule has 0 aliphatic carbocycles. The average molecular weight is 151 g/mol. The van der Waals surface area contributed by atoms with E-state index in [1.54, 1.807) is 6.92 Å². The summed E-state index contributed by atoms with van der Waals surface area (Å²) < 4.78 is 0. The van der Waals surface area contributed by atoms with Crippen LogP contribution in [0, 0.1) is 22.7 Å². The van der Waals surface area contributed by atoms with E-state index in [4.69, 9.17) is 10.5 Å². The third kappa shape index (κ3) is 3.02. The molecular weight excluding hydrogens is 138 g/mol. The molecule has 0 amide bonds. The maximum Gasteiger partial charge on any atom is 0.0959 e. The number of hydrogen-bond donors (Lipinski definition) is 0. The summed E-state index contributed by atoms with van der Waals surface area (Å²) in [4.78, 5) is 1.85. The molecule has 3 heteroatoms. The lowest BCUT2D eigenvalue weighted by atomic mass is 10.2. The topological polar surface area (TPSA) is 50.8 Å². The molecule has 0 aliphatic heterocycles. The molecular formula is C8H13N3. The van der Waals surface area contributed by atoms with Crippen LogP contribution in [0.25, 0.3) is 0 Å². The monoisotopic (exact) mass is 151 g/mol. The Kier molecular flexibility index (Phi) is 4.26. The van der Waals surface area contributed by atoms with Crippen molar-refractivity contribution in [1.29, 1.82) is 10.5 Å². The van der Waals surface area contributed by atoms with Crippen LogP contribution in [0.3, 0.4) is 0 Å². The minimum absolute atomic E-state index is 0.172. The Balaban J connectivity index is 4.14. The van der Waals surface area contributed by atoms with Crippen molar-refractivity contribution in [1.82, 2.24) is 4.90 Å². The van der Waals surface area contributed by atoms with Crippen LogP contribution in [0.1, 0.15) is 20.8 Å². The first-order chi connectivity index (χ1) is 5.13. The van der Waals surface area contributed by atoms with Gasteiger partial charge in [0.25, 0.3) is 0 Å². The molecule has 0 aromatic rings. The fourth-order valence-electron chi connectivity index (χ4n) is 0.923. The van der Waals surface area contributed by atoms with Crippen molar-refractivity contribution in [2.24, 2.45) is 0 Å². The quantitative estimate of drug-likeness (QED) is 0.568. The third-order valence-corrected chi connectivity index (χ3v) is 1.60. The molecule has 1 atom stereocenters. The summed E-state index contributed by atoms with van der Waals surface area (Å²) in [6.07, 6.45) is 0. The Morgan fingerprint density at radius 2 is 1.82 bits per heavy atom. The van der Waals surface area contributed by atoms with Crippen LogP contribution in [0.15, 0.2) is 0 Å². The van der Waals surface area contributed by atoms with Gasteiger partial charge in [0.2, 0.25) is 0 Å². The summed E-state index contributed by atoms with van der Waals surface area (Å²) in [6.45, 7) is 6.08. The Morgan fingerprint density at radius 1 is 1.27 bits per heavy atom. The molecule has 0 bridgehead atoms. The summed E-state index contributed by atoms with van der Waals surface area (Å²) in [7, 11) is 0. The molecule has 1 unspecified atom stereocenters. The number of rotatable bonds is 3. The molecule has 60 valence electrons. The van der Waals surface area contributed by atoms with Crippen molar-refractivity contribution in [3.63, 3.8) is 0 Å². The van der Waals surface area contributed by atoms with Gasteiger partial charge in [-0.15, -0.1) is 0 Å². The highest BCUT2D eigenvalue weighted by atomic mass is 15.2. The van der Waals surface area contributed by atoms with Gasteiger partial charge < -0.3 is 0 Å². The van der Waals surface area contributed by atoms with E-state index in [1.165, 1.54) is 0 Å². The molecule has 0 aromatic carbocycles. The van der Waals surface area contributed by atoms with E-state index in [0.717, 1.165) is 0 Å². The molecule has 0 aromatic heterocycles. The zero-order chi connectivity index (χ0) is 8.85. The summed E-state index contributed by atoms with van der Waals surface area (Å²) in [5, 5.41) is 17.0. The van der Waals surface area contributed by atoms with Gasteiger partial charge in [-0.3, -0.25) is 4.90 Å². The molecule has 0 N–H and O–H groups in total. The van der Waals surface area contributed by atoms with Gasteiger partial charge in [-0.2, -0.15) is 10.5 Å². The molecule has 0 heterocycles. The van der Waals surface area contributed by atoms with E-state index in [1.807, 2.05) is 24.8 Å². The van der Waals surface area contributed by atoms with Crippen molar-refractivity contribution in [2.45, 2.75) is 32.9 Å². The molecule has 0 saturated heterocycles. The van der Waals surface area contributed by atoms with Gasteiger partial charge in [0, 0.05) is 6.04 Å². The van der Waals surface area contributed by atoms with Gasteiger partial charge >= 0.3 is 0 Å². The second kappa shape index (κ2) is 4.71. The van der Waals surface area contributed by atoms with E-state index in [2.05, 4.69) is 6.07 Å².